The summed E-state index contributed by atoms with van der Waals surface area (Å²) in [5, 5.41) is 2.75. The van der Waals surface area contributed by atoms with E-state index in [-0.39, 0.29) is 0 Å². The van der Waals surface area contributed by atoms with Gasteiger partial charge in [0.1, 0.15) is 0 Å². The Morgan fingerprint density at radius 2 is 2.00 bits per heavy atom. The van der Waals surface area contributed by atoms with E-state index >= 15 is 0 Å². The van der Waals surface area contributed by atoms with Crippen molar-refractivity contribution in [3.8, 4) is 5.75 Å². The van der Waals surface area contributed by atoms with Gasteiger partial charge in [0.05, 0.1) is 0 Å². The van der Waals surface area contributed by atoms with E-state index in [0.717, 1.165) is 5.56 Å². The van der Waals surface area contributed by atoms with Crippen LogP contribution in [-0.4, -0.2) is 28.9 Å². The van der Waals surface area contributed by atoms with Gasteiger partial charge in [-0.25, -0.2) is 4.98 Å². The molecule has 6 nitrogen and oxygen atoms in total. The highest BCUT2D eigenvalue weighted by Gasteiger charge is 2.50. The summed E-state index contributed by atoms with van der Waals surface area (Å²) < 4.78 is 5.76. The van der Waals surface area contributed by atoms with Crippen molar-refractivity contribution in [1.82, 2.24) is 4.98 Å². The van der Waals surface area contributed by atoms with Gasteiger partial charge in [-0.05, 0) is 45.0 Å². The first kappa shape index (κ1) is 16.0. The summed E-state index contributed by atoms with van der Waals surface area (Å²) >= 11 is 0. The molecule has 1 atom stereocenters. The van der Waals surface area contributed by atoms with Crippen LogP contribution in [-0.2, 0) is 9.59 Å². The normalized spacial score (nSPS) is 19.5. The number of hydrogen-bond acceptors (Lipinski definition) is 4. The maximum atomic E-state index is 12.8. The van der Waals surface area contributed by atoms with Crippen molar-refractivity contribution >= 4 is 23.3 Å². The van der Waals surface area contributed by atoms with E-state index in [9.17, 15) is 9.59 Å². The highest BCUT2D eigenvalue weighted by atomic mass is 16.5. The molecule has 124 valence electrons. The molecule has 0 saturated heterocycles. The van der Waals surface area contributed by atoms with Crippen LogP contribution >= 0.6 is 0 Å². The number of rotatable bonds is 3. The molecule has 1 aromatic carbocycles. The molecule has 0 unspecified atom stereocenters. The number of aryl methyl sites for hydroxylation is 1. The number of carbonyl (C=O) groups excluding carboxylic acids is 2. The molecule has 1 aliphatic heterocycles. The van der Waals surface area contributed by atoms with Crippen LogP contribution in [0, 0.1) is 6.92 Å². The number of pyridine rings is 1. The second kappa shape index (κ2) is 5.96. The molecule has 2 heterocycles. The third-order valence-electron chi connectivity index (χ3n) is 4.03. The third-order valence-corrected chi connectivity index (χ3v) is 4.03. The maximum Gasteiger partial charge on any atom is 0.282 e. The molecule has 2 amide bonds. The number of fused-ring (bicyclic) bond motifs is 1. The fraction of sp³-hybridized carbons (Fsp3) is 0.278. The van der Waals surface area contributed by atoms with E-state index in [1.165, 1.54) is 11.8 Å². The molecular formula is C18H19N3O3. The fourth-order valence-electron chi connectivity index (χ4n) is 2.61. The van der Waals surface area contributed by atoms with Crippen LogP contribution in [0.4, 0.5) is 11.5 Å². The number of carbonyl (C=O) groups is 2. The van der Waals surface area contributed by atoms with Crippen LogP contribution in [0.5, 0.6) is 5.75 Å². The quantitative estimate of drug-likeness (QED) is 0.880. The lowest BCUT2D eigenvalue weighted by molar-refractivity contribution is -0.145. The Labute approximate surface area is 140 Å². The molecule has 0 radical (unpaired) electrons. The molecule has 2 aromatic rings. The SMILES string of the molecule is CCN1C(=O)[C@](C)(C(=O)Nc2ccc(C)cc2)Oc2cccnc21. The number of ether oxygens (including phenoxy) is 1. The monoisotopic (exact) mass is 325 g/mol. The van der Waals surface area contributed by atoms with Gasteiger partial charge in [0, 0.05) is 18.4 Å². The lowest BCUT2D eigenvalue weighted by Crippen LogP contribution is -2.60. The first-order valence-electron chi connectivity index (χ1n) is 7.80. The van der Waals surface area contributed by atoms with Gasteiger partial charge in [-0.1, -0.05) is 17.7 Å². The zero-order valence-electron chi connectivity index (χ0n) is 13.9. The number of hydrogen-bond donors (Lipinski definition) is 1. The Morgan fingerprint density at radius 1 is 1.29 bits per heavy atom. The topological polar surface area (TPSA) is 71.5 Å². The molecule has 1 N–H and O–H groups in total. The molecule has 0 fully saturated rings. The fourth-order valence-corrected chi connectivity index (χ4v) is 2.61. The molecular weight excluding hydrogens is 306 g/mol. The molecule has 6 heteroatoms. The number of amides is 2. The van der Waals surface area contributed by atoms with Crippen molar-refractivity contribution in [2.75, 3.05) is 16.8 Å². The number of aromatic nitrogens is 1. The minimum Gasteiger partial charge on any atom is -0.464 e. The van der Waals surface area contributed by atoms with Gasteiger partial charge in [0.25, 0.3) is 17.4 Å². The predicted molar refractivity (Wildman–Crippen MR) is 91.1 cm³/mol. The van der Waals surface area contributed by atoms with E-state index in [1.807, 2.05) is 26.0 Å². The Kier molecular flexibility index (Phi) is 3.97. The Morgan fingerprint density at radius 3 is 2.67 bits per heavy atom. The molecule has 24 heavy (non-hydrogen) atoms. The van der Waals surface area contributed by atoms with Crippen molar-refractivity contribution < 1.29 is 14.3 Å². The van der Waals surface area contributed by atoms with Gasteiger partial charge in [-0.3, -0.25) is 14.5 Å². The molecule has 0 bridgehead atoms. The first-order valence-corrected chi connectivity index (χ1v) is 7.80. The van der Waals surface area contributed by atoms with E-state index in [2.05, 4.69) is 10.3 Å². The number of anilines is 2. The summed E-state index contributed by atoms with van der Waals surface area (Å²) in [6, 6.07) is 10.8. The summed E-state index contributed by atoms with van der Waals surface area (Å²) in [6.45, 7) is 5.68. The highest BCUT2D eigenvalue weighted by Crippen LogP contribution is 2.36. The van der Waals surface area contributed by atoms with Crippen molar-refractivity contribution in [2.24, 2.45) is 0 Å². The zero-order valence-corrected chi connectivity index (χ0v) is 13.9. The second-order valence-corrected chi connectivity index (χ2v) is 5.83. The third kappa shape index (κ3) is 2.60. The minimum absolute atomic E-state index is 0.402. The van der Waals surface area contributed by atoms with Gasteiger partial charge in [0.2, 0.25) is 0 Å². The molecule has 0 aliphatic carbocycles. The molecule has 3 rings (SSSR count). The van der Waals surface area contributed by atoms with Crippen LogP contribution < -0.4 is 15.0 Å². The van der Waals surface area contributed by atoms with Crippen LogP contribution in [0.3, 0.4) is 0 Å². The average molecular weight is 325 g/mol. The minimum atomic E-state index is -1.64. The largest absolute Gasteiger partial charge is 0.464 e. The van der Waals surface area contributed by atoms with E-state index in [4.69, 9.17) is 4.74 Å². The van der Waals surface area contributed by atoms with E-state index in [0.29, 0.717) is 23.8 Å². The van der Waals surface area contributed by atoms with Gasteiger partial charge < -0.3 is 10.1 Å². The summed E-state index contributed by atoms with van der Waals surface area (Å²) in [7, 11) is 0. The molecule has 0 saturated carbocycles. The van der Waals surface area contributed by atoms with Crippen molar-refractivity contribution in [1.29, 1.82) is 0 Å². The average Bonchev–Trinajstić information content (AvgIpc) is 2.58. The van der Waals surface area contributed by atoms with Crippen molar-refractivity contribution in [3.63, 3.8) is 0 Å². The zero-order chi connectivity index (χ0) is 17.3. The van der Waals surface area contributed by atoms with Crippen molar-refractivity contribution in [2.45, 2.75) is 26.4 Å². The summed E-state index contributed by atoms with van der Waals surface area (Å²) in [4.78, 5) is 31.2. The number of likely N-dealkylation sites (N-methyl/N-ethyl adjacent to an activating group) is 1. The maximum absolute atomic E-state index is 12.8. The standard InChI is InChI=1S/C18H19N3O3/c1-4-21-15-14(6-5-11-19-15)24-18(3,17(21)23)16(22)20-13-9-7-12(2)8-10-13/h5-11H,4H2,1-3H3,(H,20,22)/t18-/m0/s1. The summed E-state index contributed by atoms with van der Waals surface area (Å²) in [5.41, 5.74) is 0.0568. The van der Waals surface area contributed by atoms with Gasteiger partial charge in [-0.2, -0.15) is 0 Å². The summed E-state index contributed by atoms with van der Waals surface area (Å²) in [5.74, 6) is -0.0868. The molecule has 1 aliphatic rings. The van der Waals surface area contributed by atoms with Crippen LogP contribution in [0.15, 0.2) is 42.6 Å². The number of benzene rings is 1. The van der Waals surface area contributed by atoms with Crippen molar-refractivity contribution in [3.05, 3.63) is 48.2 Å². The first-order chi connectivity index (χ1) is 11.5. The van der Waals surface area contributed by atoms with Gasteiger partial charge in [-0.15, -0.1) is 0 Å². The Bertz CT molecular complexity index is 788. The molecule has 0 spiro atoms. The van der Waals surface area contributed by atoms with Gasteiger partial charge in [0.15, 0.2) is 11.6 Å². The lowest BCUT2D eigenvalue weighted by Gasteiger charge is -2.38. The smallest absolute Gasteiger partial charge is 0.282 e. The predicted octanol–water partition coefficient (Wildman–Crippen LogP) is 2.53. The van der Waals surface area contributed by atoms with Crippen LogP contribution in [0.25, 0.3) is 0 Å². The van der Waals surface area contributed by atoms with E-state index in [1.54, 1.807) is 30.5 Å². The Balaban J connectivity index is 1.92. The van der Waals surface area contributed by atoms with Gasteiger partial charge >= 0.3 is 0 Å². The lowest BCUT2D eigenvalue weighted by atomic mass is 10.0. The number of nitrogens with zero attached hydrogens (tertiary/aromatic N) is 2. The molecule has 1 aromatic heterocycles. The van der Waals surface area contributed by atoms with Crippen LogP contribution in [0.2, 0.25) is 0 Å². The highest BCUT2D eigenvalue weighted by molar-refractivity contribution is 6.19. The Hall–Kier alpha value is -2.89. The van der Waals surface area contributed by atoms with Crippen LogP contribution in [0.1, 0.15) is 19.4 Å². The number of nitrogens with one attached hydrogen (secondary N) is 1. The summed E-state index contributed by atoms with van der Waals surface area (Å²) in [6.07, 6.45) is 1.59. The second-order valence-electron chi connectivity index (χ2n) is 5.83. The van der Waals surface area contributed by atoms with E-state index < -0.39 is 17.4 Å².